The van der Waals surface area contributed by atoms with E-state index in [-0.39, 0.29) is 0 Å². The van der Waals surface area contributed by atoms with Crippen molar-refractivity contribution in [1.29, 1.82) is 0 Å². The van der Waals surface area contributed by atoms with E-state index >= 15 is 0 Å². The van der Waals surface area contributed by atoms with E-state index in [9.17, 15) is 0 Å². The van der Waals surface area contributed by atoms with Crippen molar-refractivity contribution >= 4 is 5.52 Å². The van der Waals surface area contributed by atoms with Crippen molar-refractivity contribution in [3.8, 4) is 5.88 Å². The van der Waals surface area contributed by atoms with E-state index in [4.69, 9.17) is 10.5 Å². The molecule has 0 saturated heterocycles. The van der Waals surface area contributed by atoms with E-state index in [1.54, 1.807) is 7.11 Å². The minimum Gasteiger partial charge on any atom is -0.482 e. The van der Waals surface area contributed by atoms with Crippen LogP contribution in [0, 0.1) is 0 Å². The molecule has 0 bridgehead atoms. The van der Waals surface area contributed by atoms with Gasteiger partial charge in [0.25, 0.3) is 0 Å². The molecule has 0 spiro atoms. The molecular formula is C11H15N3O. The van der Waals surface area contributed by atoms with Crippen molar-refractivity contribution in [2.75, 3.05) is 7.11 Å². The lowest BCUT2D eigenvalue weighted by Crippen LogP contribution is -1.98. The van der Waals surface area contributed by atoms with Crippen molar-refractivity contribution in [3.05, 3.63) is 29.7 Å². The fourth-order valence-electron chi connectivity index (χ4n) is 1.79. The third-order valence-corrected chi connectivity index (χ3v) is 2.49. The smallest absolute Gasteiger partial charge is 0.199 e. The van der Waals surface area contributed by atoms with Crippen LogP contribution in [0.2, 0.25) is 0 Å². The number of pyridine rings is 1. The first-order valence-corrected chi connectivity index (χ1v) is 5.05. The second kappa shape index (κ2) is 3.90. The van der Waals surface area contributed by atoms with Crippen LogP contribution >= 0.6 is 0 Å². The summed E-state index contributed by atoms with van der Waals surface area (Å²) in [6, 6.07) is 5.89. The molecule has 0 aliphatic carbocycles. The molecule has 15 heavy (non-hydrogen) atoms. The number of imidazole rings is 1. The van der Waals surface area contributed by atoms with Crippen LogP contribution in [0.5, 0.6) is 5.88 Å². The molecule has 2 aromatic heterocycles. The molecule has 0 radical (unpaired) electrons. The van der Waals surface area contributed by atoms with Gasteiger partial charge in [-0.15, -0.1) is 0 Å². The van der Waals surface area contributed by atoms with Crippen LogP contribution in [0.15, 0.2) is 18.2 Å². The Morgan fingerprint density at radius 1 is 1.47 bits per heavy atom. The maximum Gasteiger partial charge on any atom is 0.199 e. The number of aryl methyl sites for hydroxylation is 1. The van der Waals surface area contributed by atoms with Gasteiger partial charge < -0.3 is 10.5 Å². The highest BCUT2D eigenvalue weighted by atomic mass is 16.5. The number of rotatable bonds is 3. The molecule has 0 amide bonds. The van der Waals surface area contributed by atoms with Crippen molar-refractivity contribution in [2.45, 2.75) is 19.9 Å². The van der Waals surface area contributed by atoms with E-state index in [1.807, 2.05) is 22.6 Å². The van der Waals surface area contributed by atoms with E-state index in [1.165, 1.54) is 0 Å². The predicted molar refractivity (Wildman–Crippen MR) is 59.0 cm³/mol. The lowest BCUT2D eigenvalue weighted by atomic mass is 10.3. The maximum atomic E-state index is 5.66. The molecule has 2 rings (SSSR count). The van der Waals surface area contributed by atoms with Gasteiger partial charge >= 0.3 is 0 Å². The molecule has 0 fully saturated rings. The van der Waals surface area contributed by atoms with Crippen molar-refractivity contribution in [3.63, 3.8) is 0 Å². The minimum atomic E-state index is 0.455. The summed E-state index contributed by atoms with van der Waals surface area (Å²) in [6.07, 6.45) is 0.863. The molecule has 0 unspecified atom stereocenters. The average Bonchev–Trinajstić information content (AvgIpc) is 2.66. The zero-order valence-electron chi connectivity index (χ0n) is 9.03. The zero-order valence-corrected chi connectivity index (χ0v) is 9.03. The standard InChI is InChI=1S/C11H15N3O/c1-3-10-13-8(7-12)9-5-4-6-11(15-2)14(9)10/h4-6H,3,7,12H2,1-2H3. The Hall–Kier alpha value is -1.55. The highest BCUT2D eigenvalue weighted by molar-refractivity contribution is 5.55. The van der Waals surface area contributed by atoms with Gasteiger partial charge in [-0.3, -0.25) is 4.40 Å². The van der Waals surface area contributed by atoms with Crippen molar-refractivity contribution in [1.82, 2.24) is 9.38 Å². The zero-order chi connectivity index (χ0) is 10.8. The Morgan fingerprint density at radius 2 is 2.27 bits per heavy atom. The summed E-state index contributed by atoms with van der Waals surface area (Å²) in [4.78, 5) is 4.49. The molecule has 4 nitrogen and oxygen atoms in total. The maximum absolute atomic E-state index is 5.66. The van der Waals surface area contributed by atoms with E-state index < -0.39 is 0 Å². The minimum absolute atomic E-state index is 0.455. The van der Waals surface area contributed by atoms with Gasteiger partial charge in [0, 0.05) is 13.0 Å². The molecule has 0 saturated carbocycles. The first-order chi connectivity index (χ1) is 7.31. The molecule has 2 aromatic rings. The Kier molecular flexibility index (Phi) is 2.60. The third kappa shape index (κ3) is 1.47. The van der Waals surface area contributed by atoms with E-state index in [2.05, 4.69) is 11.9 Å². The number of nitrogens with two attached hydrogens (primary N) is 1. The number of methoxy groups -OCH3 is 1. The molecule has 0 aliphatic rings. The van der Waals surface area contributed by atoms with Crippen LogP contribution < -0.4 is 10.5 Å². The summed E-state index contributed by atoms with van der Waals surface area (Å²) in [5.74, 6) is 1.79. The van der Waals surface area contributed by atoms with Gasteiger partial charge in [-0.1, -0.05) is 13.0 Å². The SMILES string of the molecule is CCc1nc(CN)c2cccc(OC)n12. The third-order valence-electron chi connectivity index (χ3n) is 2.49. The van der Waals surface area contributed by atoms with Crippen molar-refractivity contribution < 1.29 is 4.74 Å². The number of fused-ring (bicyclic) bond motifs is 1. The first kappa shape index (κ1) is 9.98. The molecular weight excluding hydrogens is 190 g/mol. The normalized spacial score (nSPS) is 10.9. The molecule has 2 N–H and O–H groups in total. The van der Waals surface area contributed by atoms with Crippen LogP contribution in [-0.4, -0.2) is 16.5 Å². The molecule has 4 heteroatoms. The Morgan fingerprint density at radius 3 is 2.87 bits per heavy atom. The van der Waals surface area contributed by atoms with Gasteiger partial charge in [0.15, 0.2) is 5.88 Å². The van der Waals surface area contributed by atoms with Crippen molar-refractivity contribution in [2.24, 2.45) is 5.73 Å². The summed E-state index contributed by atoms with van der Waals surface area (Å²) < 4.78 is 7.33. The van der Waals surface area contributed by atoms with Gasteiger partial charge in [0.1, 0.15) is 5.82 Å². The fourth-order valence-corrected chi connectivity index (χ4v) is 1.79. The molecule has 0 aromatic carbocycles. The highest BCUT2D eigenvalue weighted by Crippen LogP contribution is 2.20. The number of hydrogen-bond acceptors (Lipinski definition) is 3. The average molecular weight is 205 g/mol. The van der Waals surface area contributed by atoms with Crippen LogP contribution in [0.3, 0.4) is 0 Å². The summed E-state index contributed by atoms with van der Waals surface area (Å²) in [5, 5.41) is 0. The summed E-state index contributed by atoms with van der Waals surface area (Å²) in [5.41, 5.74) is 7.62. The Balaban J connectivity index is 2.78. The summed E-state index contributed by atoms with van der Waals surface area (Å²) >= 11 is 0. The van der Waals surface area contributed by atoms with Gasteiger partial charge in [0.05, 0.1) is 18.3 Å². The van der Waals surface area contributed by atoms with E-state index in [0.717, 1.165) is 29.3 Å². The number of hydrogen-bond donors (Lipinski definition) is 1. The number of ether oxygens (including phenoxy) is 1. The topological polar surface area (TPSA) is 52.5 Å². The molecule has 2 heterocycles. The number of nitrogens with zero attached hydrogens (tertiary/aromatic N) is 2. The highest BCUT2D eigenvalue weighted by Gasteiger charge is 2.11. The van der Waals surface area contributed by atoms with Gasteiger partial charge in [-0.05, 0) is 12.1 Å². The molecule has 0 atom stereocenters. The van der Waals surface area contributed by atoms with Crippen LogP contribution in [0.25, 0.3) is 5.52 Å². The summed E-state index contributed by atoms with van der Waals surface area (Å²) in [6.45, 7) is 2.53. The van der Waals surface area contributed by atoms with E-state index in [0.29, 0.717) is 6.54 Å². The second-order valence-electron chi connectivity index (χ2n) is 3.32. The van der Waals surface area contributed by atoms with Crippen LogP contribution in [0.4, 0.5) is 0 Å². The molecule has 80 valence electrons. The predicted octanol–water partition coefficient (Wildman–Crippen LogP) is 1.36. The van der Waals surface area contributed by atoms with Gasteiger partial charge in [-0.25, -0.2) is 4.98 Å². The Labute approximate surface area is 88.7 Å². The number of aromatic nitrogens is 2. The quantitative estimate of drug-likeness (QED) is 0.823. The second-order valence-corrected chi connectivity index (χ2v) is 3.32. The van der Waals surface area contributed by atoms with Crippen LogP contribution in [0.1, 0.15) is 18.4 Å². The largest absolute Gasteiger partial charge is 0.482 e. The molecule has 0 aliphatic heterocycles. The fraction of sp³-hybridized carbons (Fsp3) is 0.364. The lowest BCUT2D eigenvalue weighted by molar-refractivity contribution is 0.390. The lowest BCUT2D eigenvalue weighted by Gasteiger charge is -2.05. The van der Waals surface area contributed by atoms with Gasteiger partial charge in [0.2, 0.25) is 0 Å². The first-order valence-electron chi connectivity index (χ1n) is 5.05. The monoisotopic (exact) mass is 205 g/mol. The van der Waals surface area contributed by atoms with Crippen LogP contribution in [-0.2, 0) is 13.0 Å². The summed E-state index contributed by atoms with van der Waals surface area (Å²) in [7, 11) is 1.66. The van der Waals surface area contributed by atoms with Gasteiger partial charge in [-0.2, -0.15) is 0 Å². The Bertz CT molecular complexity index is 476.